The molecule has 4 rings (SSSR count). The Morgan fingerprint density at radius 1 is 0.933 bits per heavy atom. The van der Waals surface area contributed by atoms with Gasteiger partial charge in [0.1, 0.15) is 5.82 Å². The number of pyridine rings is 1. The molecule has 1 saturated carbocycles. The number of hydrogen-bond acceptors (Lipinski definition) is 5. The van der Waals surface area contributed by atoms with Crippen LogP contribution in [-0.2, 0) is 10.0 Å². The summed E-state index contributed by atoms with van der Waals surface area (Å²) in [5, 5.41) is 6.54. The van der Waals surface area contributed by atoms with Gasteiger partial charge in [0, 0.05) is 36.9 Å². The van der Waals surface area contributed by atoms with E-state index in [0.29, 0.717) is 24.7 Å². The van der Waals surface area contributed by atoms with Crippen molar-refractivity contribution >= 4 is 21.7 Å². The van der Waals surface area contributed by atoms with Crippen LogP contribution in [0.1, 0.15) is 48.9 Å². The summed E-state index contributed by atoms with van der Waals surface area (Å²) in [6.45, 7) is 1.14. The fourth-order valence-corrected chi connectivity index (χ4v) is 5.68. The summed E-state index contributed by atoms with van der Waals surface area (Å²) in [5.74, 6) is 0.732. The highest BCUT2D eigenvalue weighted by Crippen LogP contribution is 2.23. The van der Waals surface area contributed by atoms with Crippen LogP contribution in [0.25, 0.3) is 0 Å². The van der Waals surface area contributed by atoms with Crippen LogP contribution in [0.2, 0.25) is 0 Å². The van der Waals surface area contributed by atoms with Crippen molar-refractivity contribution in [3.8, 4) is 0 Å². The number of aromatic nitrogens is 1. The van der Waals surface area contributed by atoms with Crippen LogP contribution in [0, 0.1) is 0 Å². The van der Waals surface area contributed by atoms with Gasteiger partial charge in [-0.3, -0.25) is 4.79 Å². The van der Waals surface area contributed by atoms with Gasteiger partial charge >= 0.3 is 0 Å². The Morgan fingerprint density at radius 3 is 2.23 bits per heavy atom. The zero-order valence-corrected chi connectivity index (χ0v) is 17.8. The summed E-state index contributed by atoms with van der Waals surface area (Å²) in [6, 6.07) is 12.6. The van der Waals surface area contributed by atoms with Gasteiger partial charge in [-0.05, 0) is 74.9 Å². The Morgan fingerprint density at radius 2 is 1.60 bits per heavy atom. The van der Waals surface area contributed by atoms with Crippen LogP contribution in [0.4, 0.5) is 5.82 Å². The highest BCUT2D eigenvalue weighted by Gasteiger charge is 2.27. The molecule has 2 aliphatic rings. The van der Waals surface area contributed by atoms with Crippen LogP contribution in [0.3, 0.4) is 0 Å². The molecule has 1 saturated heterocycles. The molecule has 160 valence electrons. The standard InChI is InChI=1S/C22H28N4O3S/c27-22(17-6-12-20(13-7-17)30(28,29)26-15-3-4-16-26)25-19-10-8-18(9-11-19)24-21-5-1-2-14-23-21/h1-2,5-7,12-14,18-19H,3-4,8-11,15-16H2,(H,23,24)(H,25,27). The minimum Gasteiger partial charge on any atom is -0.367 e. The van der Waals surface area contributed by atoms with E-state index in [1.807, 2.05) is 18.2 Å². The van der Waals surface area contributed by atoms with Gasteiger partial charge < -0.3 is 10.6 Å². The minimum absolute atomic E-state index is 0.132. The van der Waals surface area contributed by atoms with Gasteiger partial charge in [0.15, 0.2) is 0 Å². The van der Waals surface area contributed by atoms with Crippen LogP contribution in [0.5, 0.6) is 0 Å². The number of carbonyl (C=O) groups is 1. The molecule has 2 heterocycles. The second-order valence-corrected chi connectivity index (χ2v) is 9.95. The molecule has 1 amide bonds. The molecule has 0 bridgehead atoms. The van der Waals surface area contributed by atoms with Crippen LogP contribution in [0.15, 0.2) is 53.6 Å². The number of sulfonamides is 1. The molecule has 7 nitrogen and oxygen atoms in total. The van der Waals surface area contributed by atoms with E-state index in [9.17, 15) is 13.2 Å². The molecule has 2 N–H and O–H groups in total. The van der Waals surface area contributed by atoms with Gasteiger partial charge in [0.2, 0.25) is 10.0 Å². The van der Waals surface area contributed by atoms with Crippen molar-refractivity contribution in [2.24, 2.45) is 0 Å². The zero-order valence-electron chi connectivity index (χ0n) is 17.0. The summed E-state index contributed by atoms with van der Waals surface area (Å²) in [7, 11) is -3.45. The highest BCUT2D eigenvalue weighted by atomic mass is 32.2. The number of benzene rings is 1. The molecule has 1 aromatic carbocycles. The van der Waals surface area contributed by atoms with Gasteiger partial charge in [-0.1, -0.05) is 6.07 Å². The number of hydrogen-bond donors (Lipinski definition) is 2. The normalized spacial score (nSPS) is 22.5. The Labute approximate surface area is 177 Å². The van der Waals surface area contributed by atoms with Crippen molar-refractivity contribution < 1.29 is 13.2 Å². The Bertz CT molecular complexity index is 950. The highest BCUT2D eigenvalue weighted by molar-refractivity contribution is 7.89. The van der Waals surface area contributed by atoms with Crippen molar-refractivity contribution in [3.63, 3.8) is 0 Å². The van der Waals surface area contributed by atoms with E-state index in [-0.39, 0.29) is 16.8 Å². The second kappa shape index (κ2) is 9.14. The minimum atomic E-state index is -3.45. The largest absolute Gasteiger partial charge is 0.367 e. The zero-order chi connectivity index (χ0) is 21.0. The number of anilines is 1. The van der Waals surface area contributed by atoms with Crippen molar-refractivity contribution in [3.05, 3.63) is 54.2 Å². The van der Waals surface area contributed by atoms with Gasteiger partial charge in [-0.2, -0.15) is 4.31 Å². The lowest BCUT2D eigenvalue weighted by molar-refractivity contribution is 0.0926. The van der Waals surface area contributed by atoms with E-state index >= 15 is 0 Å². The molecule has 0 spiro atoms. The van der Waals surface area contributed by atoms with Gasteiger partial charge in [0.05, 0.1) is 4.90 Å². The number of nitrogens with one attached hydrogen (secondary N) is 2. The first-order valence-corrected chi connectivity index (χ1v) is 12.0. The Hall–Kier alpha value is -2.45. The summed E-state index contributed by atoms with van der Waals surface area (Å²) in [5.41, 5.74) is 0.490. The molecule has 1 aromatic heterocycles. The van der Waals surface area contributed by atoms with Crippen LogP contribution < -0.4 is 10.6 Å². The summed E-state index contributed by atoms with van der Waals surface area (Å²) in [6.07, 6.45) is 7.31. The lowest BCUT2D eigenvalue weighted by Crippen LogP contribution is -2.40. The third kappa shape index (κ3) is 4.82. The van der Waals surface area contributed by atoms with E-state index in [1.165, 1.54) is 16.4 Å². The maximum atomic E-state index is 12.6. The maximum Gasteiger partial charge on any atom is 0.251 e. The third-order valence-corrected chi connectivity index (χ3v) is 7.81. The maximum absolute atomic E-state index is 12.6. The number of nitrogens with zero attached hydrogens (tertiary/aromatic N) is 2. The number of carbonyl (C=O) groups excluding carboxylic acids is 1. The molecule has 2 aromatic rings. The number of amides is 1. The fourth-order valence-electron chi connectivity index (χ4n) is 4.16. The molecular weight excluding hydrogens is 400 g/mol. The molecule has 1 aliphatic heterocycles. The predicted octanol–water partition coefficient (Wildman–Crippen LogP) is 3.02. The quantitative estimate of drug-likeness (QED) is 0.738. The number of rotatable bonds is 6. The van der Waals surface area contributed by atoms with E-state index in [1.54, 1.807) is 18.3 Å². The molecule has 2 fully saturated rings. The van der Waals surface area contributed by atoms with E-state index < -0.39 is 10.0 Å². The average Bonchev–Trinajstić information content (AvgIpc) is 3.32. The Kier molecular flexibility index (Phi) is 6.34. The molecule has 0 atom stereocenters. The first-order chi connectivity index (χ1) is 14.5. The first-order valence-electron chi connectivity index (χ1n) is 10.6. The smallest absolute Gasteiger partial charge is 0.251 e. The molecule has 1 aliphatic carbocycles. The summed E-state index contributed by atoms with van der Waals surface area (Å²) < 4.78 is 26.7. The van der Waals surface area contributed by atoms with Crippen molar-refractivity contribution in [2.45, 2.75) is 55.5 Å². The van der Waals surface area contributed by atoms with Crippen molar-refractivity contribution in [1.29, 1.82) is 0 Å². The summed E-state index contributed by atoms with van der Waals surface area (Å²) >= 11 is 0. The average molecular weight is 429 g/mol. The SMILES string of the molecule is O=C(NC1CCC(Nc2ccccn2)CC1)c1ccc(S(=O)(=O)N2CCCC2)cc1. The van der Waals surface area contributed by atoms with Gasteiger partial charge in [0.25, 0.3) is 5.91 Å². The second-order valence-electron chi connectivity index (χ2n) is 8.02. The van der Waals surface area contributed by atoms with E-state index in [0.717, 1.165) is 44.3 Å². The predicted molar refractivity (Wildman–Crippen MR) is 116 cm³/mol. The lowest BCUT2D eigenvalue weighted by atomic mass is 9.91. The molecule has 8 heteroatoms. The van der Waals surface area contributed by atoms with Crippen molar-refractivity contribution in [2.75, 3.05) is 18.4 Å². The lowest BCUT2D eigenvalue weighted by Gasteiger charge is -2.30. The summed E-state index contributed by atoms with van der Waals surface area (Å²) in [4.78, 5) is 17.2. The fraction of sp³-hybridized carbons (Fsp3) is 0.455. The monoisotopic (exact) mass is 428 g/mol. The van der Waals surface area contributed by atoms with Crippen molar-refractivity contribution in [1.82, 2.24) is 14.6 Å². The molecule has 0 unspecified atom stereocenters. The van der Waals surface area contributed by atoms with Gasteiger partial charge in [-0.15, -0.1) is 0 Å². The third-order valence-electron chi connectivity index (χ3n) is 5.90. The van der Waals surface area contributed by atoms with Crippen LogP contribution in [-0.4, -0.2) is 48.8 Å². The molecule has 30 heavy (non-hydrogen) atoms. The van der Waals surface area contributed by atoms with E-state index in [2.05, 4.69) is 15.6 Å². The molecule has 0 radical (unpaired) electrons. The van der Waals surface area contributed by atoms with E-state index in [4.69, 9.17) is 0 Å². The topological polar surface area (TPSA) is 91.4 Å². The molecular formula is C22H28N4O3S. The van der Waals surface area contributed by atoms with Crippen LogP contribution >= 0.6 is 0 Å². The Balaban J connectivity index is 1.29. The van der Waals surface area contributed by atoms with Gasteiger partial charge in [-0.25, -0.2) is 13.4 Å². The first kappa shape index (κ1) is 20.8.